The van der Waals surface area contributed by atoms with Crippen molar-refractivity contribution < 1.29 is 4.79 Å². The number of carbonyl (C=O) groups excluding carboxylic acids is 1. The number of rotatable bonds is 4. The van der Waals surface area contributed by atoms with Crippen LogP contribution < -0.4 is 10.6 Å². The van der Waals surface area contributed by atoms with Gasteiger partial charge in [0.05, 0.1) is 6.04 Å². The Morgan fingerprint density at radius 2 is 2.06 bits per heavy atom. The summed E-state index contributed by atoms with van der Waals surface area (Å²) in [7, 11) is 0. The van der Waals surface area contributed by atoms with Crippen LogP contribution in [0.4, 0.5) is 5.69 Å². The Balaban J connectivity index is 1.98. The molecule has 1 saturated carbocycles. The minimum Gasteiger partial charge on any atom is -0.324 e. The van der Waals surface area contributed by atoms with Crippen LogP contribution in [0.25, 0.3) is 0 Å². The lowest BCUT2D eigenvalue weighted by Gasteiger charge is -2.15. The van der Waals surface area contributed by atoms with Crippen molar-refractivity contribution in [2.75, 3.05) is 5.32 Å². The number of hydrogen-bond acceptors (Lipinski definition) is 2. The van der Waals surface area contributed by atoms with Gasteiger partial charge in [0.2, 0.25) is 5.91 Å². The summed E-state index contributed by atoms with van der Waals surface area (Å²) in [6.45, 7) is 5.95. The molecule has 0 spiro atoms. The lowest BCUT2D eigenvalue weighted by Crippen LogP contribution is -2.39. The third-order valence-corrected chi connectivity index (χ3v) is 3.11. The third kappa shape index (κ3) is 3.30. The van der Waals surface area contributed by atoms with Crippen LogP contribution in [0.5, 0.6) is 0 Å². The molecule has 1 unspecified atom stereocenters. The van der Waals surface area contributed by atoms with Crippen LogP contribution in [0.3, 0.4) is 0 Å². The number of carbonyl (C=O) groups is 1. The van der Waals surface area contributed by atoms with Gasteiger partial charge in [0.1, 0.15) is 0 Å². The maximum Gasteiger partial charge on any atom is 0.241 e. The van der Waals surface area contributed by atoms with E-state index in [0.29, 0.717) is 6.04 Å². The number of hydrogen-bond donors (Lipinski definition) is 2. The van der Waals surface area contributed by atoms with Crippen molar-refractivity contribution in [3.8, 4) is 0 Å². The van der Waals surface area contributed by atoms with Gasteiger partial charge in [-0.2, -0.15) is 0 Å². The first kappa shape index (κ1) is 12.1. The summed E-state index contributed by atoms with van der Waals surface area (Å²) in [5.41, 5.74) is 3.18. The molecule has 3 nitrogen and oxygen atoms in total. The summed E-state index contributed by atoms with van der Waals surface area (Å²) in [4.78, 5) is 12.0. The Bertz CT molecular complexity index is 424. The average molecular weight is 232 g/mol. The maximum atomic E-state index is 12.0. The predicted octanol–water partition coefficient (Wildman–Crippen LogP) is 2.38. The van der Waals surface area contributed by atoms with Crippen LogP contribution in [-0.2, 0) is 4.79 Å². The number of benzene rings is 1. The molecule has 1 aromatic carbocycles. The van der Waals surface area contributed by atoms with E-state index in [2.05, 4.69) is 16.7 Å². The normalized spacial score (nSPS) is 16.6. The standard InChI is InChI=1S/C14H20N2O/c1-9-4-5-10(2)13(8-9)16-14(17)11(3)15-12-6-7-12/h4-5,8,11-12,15H,6-7H2,1-3H3,(H,16,17). The van der Waals surface area contributed by atoms with Gasteiger partial charge >= 0.3 is 0 Å². The minimum absolute atomic E-state index is 0.0469. The zero-order valence-corrected chi connectivity index (χ0v) is 10.7. The van der Waals surface area contributed by atoms with E-state index in [-0.39, 0.29) is 11.9 Å². The monoisotopic (exact) mass is 232 g/mol. The van der Waals surface area contributed by atoms with Gasteiger partial charge in [0.25, 0.3) is 0 Å². The quantitative estimate of drug-likeness (QED) is 0.837. The Labute approximate surface area is 103 Å². The van der Waals surface area contributed by atoms with Crippen LogP contribution in [0.2, 0.25) is 0 Å². The predicted molar refractivity (Wildman–Crippen MR) is 70.2 cm³/mol. The van der Waals surface area contributed by atoms with Crippen molar-refractivity contribution in [3.05, 3.63) is 29.3 Å². The van der Waals surface area contributed by atoms with Crippen LogP contribution in [0.15, 0.2) is 18.2 Å². The Morgan fingerprint density at radius 1 is 1.35 bits per heavy atom. The average Bonchev–Trinajstić information content (AvgIpc) is 3.07. The van der Waals surface area contributed by atoms with Crippen molar-refractivity contribution in [1.29, 1.82) is 0 Å². The third-order valence-electron chi connectivity index (χ3n) is 3.11. The molecule has 1 atom stereocenters. The molecule has 0 radical (unpaired) electrons. The smallest absolute Gasteiger partial charge is 0.241 e. The minimum atomic E-state index is -0.123. The summed E-state index contributed by atoms with van der Waals surface area (Å²) in [6.07, 6.45) is 2.39. The zero-order valence-electron chi connectivity index (χ0n) is 10.7. The summed E-state index contributed by atoms with van der Waals surface area (Å²) < 4.78 is 0. The summed E-state index contributed by atoms with van der Waals surface area (Å²) in [6, 6.07) is 6.52. The number of aryl methyl sites for hydroxylation is 2. The van der Waals surface area contributed by atoms with Crippen molar-refractivity contribution >= 4 is 11.6 Å². The zero-order chi connectivity index (χ0) is 12.4. The van der Waals surface area contributed by atoms with E-state index in [9.17, 15) is 4.79 Å². The summed E-state index contributed by atoms with van der Waals surface area (Å²) in [5, 5.41) is 6.28. The molecule has 1 aliphatic carbocycles. The van der Waals surface area contributed by atoms with Crippen LogP contribution in [-0.4, -0.2) is 18.0 Å². The molecule has 0 heterocycles. The molecule has 1 aliphatic rings. The van der Waals surface area contributed by atoms with E-state index in [4.69, 9.17) is 0 Å². The fourth-order valence-electron chi connectivity index (χ4n) is 1.79. The highest BCUT2D eigenvalue weighted by Crippen LogP contribution is 2.20. The molecule has 92 valence electrons. The Kier molecular flexibility index (Phi) is 3.48. The van der Waals surface area contributed by atoms with Gasteiger partial charge in [-0.1, -0.05) is 12.1 Å². The molecule has 1 fully saturated rings. The van der Waals surface area contributed by atoms with E-state index in [1.807, 2.05) is 32.9 Å². The van der Waals surface area contributed by atoms with Crippen molar-refractivity contribution in [2.45, 2.75) is 45.7 Å². The van der Waals surface area contributed by atoms with Crippen LogP contribution in [0.1, 0.15) is 30.9 Å². The molecule has 17 heavy (non-hydrogen) atoms. The van der Waals surface area contributed by atoms with Gasteiger partial charge < -0.3 is 10.6 Å². The van der Waals surface area contributed by atoms with Crippen molar-refractivity contribution in [1.82, 2.24) is 5.32 Å². The second-order valence-electron chi connectivity index (χ2n) is 4.97. The molecule has 1 aromatic rings. The first-order chi connectivity index (χ1) is 8.06. The molecular weight excluding hydrogens is 212 g/mol. The first-order valence-corrected chi connectivity index (χ1v) is 6.20. The van der Waals surface area contributed by atoms with E-state index >= 15 is 0 Å². The molecule has 0 aliphatic heterocycles. The fraction of sp³-hybridized carbons (Fsp3) is 0.500. The molecule has 0 saturated heterocycles. The second-order valence-corrected chi connectivity index (χ2v) is 4.97. The lowest BCUT2D eigenvalue weighted by molar-refractivity contribution is -0.117. The number of amides is 1. The molecule has 1 amide bonds. The van der Waals surface area contributed by atoms with Gasteiger partial charge in [-0.05, 0) is 50.8 Å². The second kappa shape index (κ2) is 4.88. The molecule has 2 rings (SSSR count). The Morgan fingerprint density at radius 3 is 2.71 bits per heavy atom. The van der Waals surface area contributed by atoms with Gasteiger partial charge in [-0.3, -0.25) is 4.79 Å². The SMILES string of the molecule is Cc1ccc(C)c(NC(=O)C(C)NC2CC2)c1. The maximum absolute atomic E-state index is 12.0. The van der Waals surface area contributed by atoms with Gasteiger partial charge in [-0.25, -0.2) is 0 Å². The largest absolute Gasteiger partial charge is 0.324 e. The molecule has 2 N–H and O–H groups in total. The van der Waals surface area contributed by atoms with Crippen molar-refractivity contribution in [2.24, 2.45) is 0 Å². The van der Waals surface area contributed by atoms with Crippen molar-refractivity contribution in [3.63, 3.8) is 0 Å². The van der Waals surface area contributed by atoms with Crippen LogP contribution in [0, 0.1) is 13.8 Å². The summed E-state index contributed by atoms with van der Waals surface area (Å²) >= 11 is 0. The molecule has 0 aromatic heterocycles. The van der Waals surface area contributed by atoms with Gasteiger partial charge in [0.15, 0.2) is 0 Å². The molecular formula is C14H20N2O. The highest BCUT2D eigenvalue weighted by Gasteiger charge is 2.25. The van der Waals surface area contributed by atoms with Gasteiger partial charge in [0, 0.05) is 11.7 Å². The number of anilines is 1. The topological polar surface area (TPSA) is 41.1 Å². The van der Waals surface area contributed by atoms with E-state index in [1.54, 1.807) is 0 Å². The van der Waals surface area contributed by atoms with E-state index in [1.165, 1.54) is 12.8 Å². The Hall–Kier alpha value is -1.35. The highest BCUT2D eigenvalue weighted by molar-refractivity contribution is 5.95. The van der Waals surface area contributed by atoms with Crippen LogP contribution >= 0.6 is 0 Å². The van der Waals surface area contributed by atoms with E-state index in [0.717, 1.165) is 16.8 Å². The fourth-order valence-corrected chi connectivity index (χ4v) is 1.79. The first-order valence-electron chi connectivity index (χ1n) is 6.20. The highest BCUT2D eigenvalue weighted by atomic mass is 16.2. The number of nitrogens with one attached hydrogen (secondary N) is 2. The van der Waals surface area contributed by atoms with Gasteiger partial charge in [-0.15, -0.1) is 0 Å². The van der Waals surface area contributed by atoms with E-state index < -0.39 is 0 Å². The molecule has 0 bridgehead atoms. The summed E-state index contributed by atoms with van der Waals surface area (Å²) in [5.74, 6) is 0.0469. The molecule has 3 heteroatoms. The lowest BCUT2D eigenvalue weighted by atomic mass is 10.1.